The summed E-state index contributed by atoms with van der Waals surface area (Å²) in [5.74, 6) is 1.23. The molecule has 9 heteroatoms. The number of benzene rings is 3. The smallest absolute Gasteiger partial charge is 0.227 e. The molecule has 1 fully saturated rings. The highest BCUT2D eigenvalue weighted by atomic mass is 35.5. The molecule has 1 unspecified atom stereocenters. The molecule has 5 rings (SSSR count). The van der Waals surface area contributed by atoms with Crippen molar-refractivity contribution in [2.75, 3.05) is 32.5 Å². The van der Waals surface area contributed by atoms with E-state index < -0.39 is 6.23 Å². The molecule has 4 aromatic rings. The van der Waals surface area contributed by atoms with Crippen LogP contribution in [0.1, 0.15) is 6.42 Å². The van der Waals surface area contributed by atoms with Crippen LogP contribution in [0.25, 0.3) is 22.0 Å². The van der Waals surface area contributed by atoms with E-state index in [4.69, 9.17) is 16.3 Å². The number of ether oxygens (including phenoxy) is 1. The first-order chi connectivity index (χ1) is 17.9. The topological polar surface area (TPSA) is 90.8 Å². The first-order valence-electron chi connectivity index (χ1n) is 12.0. The predicted molar refractivity (Wildman–Crippen MR) is 146 cm³/mol. The highest BCUT2D eigenvalue weighted by molar-refractivity contribution is 6.33. The maximum atomic E-state index is 11.7. The second-order valence-electron chi connectivity index (χ2n) is 9.33. The second kappa shape index (κ2) is 10.7. The van der Waals surface area contributed by atoms with Gasteiger partial charge in [-0.2, -0.15) is 0 Å². The second-order valence-corrected chi connectivity index (χ2v) is 9.73. The summed E-state index contributed by atoms with van der Waals surface area (Å²) >= 11 is 6.31. The fourth-order valence-corrected chi connectivity index (χ4v) is 4.72. The Bertz CT molecular complexity index is 1410. The Morgan fingerprint density at radius 3 is 2.70 bits per heavy atom. The van der Waals surface area contributed by atoms with Crippen molar-refractivity contribution in [2.45, 2.75) is 18.7 Å². The van der Waals surface area contributed by atoms with Gasteiger partial charge in [0.15, 0.2) is 6.29 Å². The Labute approximate surface area is 220 Å². The number of aromatic hydroxyl groups is 1. The van der Waals surface area contributed by atoms with Crippen molar-refractivity contribution in [2.24, 2.45) is 0 Å². The molecule has 190 valence electrons. The minimum absolute atomic E-state index is 0.155. The summed E-state index contributed by atoms with van der Waals surface area (Å²) in [7, 11) is 4.11. The van der Waals surface area contributed by atoms with Crippen molar-refractivity contribution < 1.29 is 14.6 Å². The number of phenols is 1. The monoisotopic (exact) mass is 517 g/mol. The number of halogens is 1. The largest absolute Gasteiger partial charge is 0.508 e. The van der Waals surface area contributed by atoms with E-state index in [9.17, 15) is 9.90 Å². The number of fused-ring (bicyclic) bond motifs is 1. The third-order valence-electron chi connectivity index (χ3n) is 6.61. The summed E-state index contributed by atoms with van der Waals surface area (Å²) in [6.07, 6.45) is 3.01. The molecule has 8 nitrogen and oxygen atoms in total. The molecule has 0 bridgehead atoms. The molecule has 0 saturated carbocycles. The molecule has 0 radical (unpaired) electrons. The third-order valence-corrected chi connectivity index (χ3v) is 6.94. The number of phenolic OH excluding ortho intramolecular Hbond substituents is 1. The van der Waals surface area contributed by atoms with Gasteiger partial charge in [-0.15, -0.1) is 0 Å². The molecule has 1 aromatic heterocycles. The van der Waals surface area contributed by atoms with Gasteiger partial charge >= 0.3 is 0 Å². The van der Waals surface area contributed by atoms with Crippen LogP contribution in [0.3, 0.4) is 0 Å². The van der Waals surface area contributed by atoms with E-state index in [2.05, 4.69) is 39.2 Å². The van der Waals surface area contributed by atoms with Crippen LogP contribution in [-0.4, -0.2) is 70.6 Å². The van der Waals surface area contributed by atoms with Gasteiger partial charge in [0.05, 0.1) is 5.52 Å². The van der Waals surface area contributed by atoms with Crippen LogP contribution in [-0.2, 0) is 4.79 Å². The Balaban J connectivity index is 1.26. The summed E-state index contributed by atoms with van der Waals surface area (Å²) in [5, 5.41) is 14.4. The minimum Gasteiger partial charge on any atom is -0.508 e. The van der Waals surface area contributed by atoms with E-state index in [1.807, 2.05) is 42.5 Å². The van der Waals surface area contributed by atoms with Crippen LogP contribution in [0.15, 0.2) is 66.9 Å². The molecule has 2 N–H and O–H groups in total. The number of aromatic nitrogens is 2. The highest BCUT2D eigenvalue weighted by Crippen LogP contribution is 2.33. The lowest BCUT2D eigenvalue weighted by atomic mass is 10.0. The molecule has 2 heterocycles. The lowest BCUT2D eigenvalue weighted by Crippen LogP contribution is -2.41. The molecular formula is C28H28ClN5O3. The van der Waals surface area contributed by atoms with Gasteiger partial charge in [-0.1, -0.05) is 17.7 Å². The van der Waals surface area contributed by atoms with Crippen molar-refractivity contribution >= 4 is 40.4 Å². The maximum Gasteiger partial charge on any atom is 0.227 e. The van der Waals surface area contributed by atoms with Gasteiger partial charge in [0.1, 0.15) is 11.5 Å². The van der Waals surface area contributed by atoms with E-state index in [0.29, 0.717) is 22.8 Å². The number of hydrogen-bond acceptors (Lipinski definition) is 8. The average Bonchev–Trinajstić information content (AvgIpc) is 3.40. The maximum absolute atomic E-state index is 11.7. The molecule has 2 atom stereocenters. The SMILES string of the molecule is CN(C)[C@@H]1CCN(C(C=O)Oc2ccc(Nc3ncc4cc(-c5cc(O)ccc5Cl)ccc4n3)cc2)C1. The van der Waals surface area contributed by atoms with Crippen LogP contribution in [0.4, 0.5) is 11.6 Å². The fourth-order valence-electron chi connectivity index (χ4n) is 4.49. The summed E-state index contributed by atoms with van der Waals surface area (Å²) in [6.45, 7) is 1.63. The van der Waals surface area contributed by atoms with Crippen LogP contribution in [0.5, 0.6) is 11.5 Å². The minimum atomic E-state index is -0.604. The van der Waals surface area contributed by atoms with Crippen molar-refractivity contribution in [3.05, 3.63) is 71.9 Å². The quantitative estimate of drug-likeness (QED) is 0.318. The van der Waals surface area contributed by atoms with Crippen molar-refractivity contribution in [1.82, 2.24) is 19.8 Å². The Hall–Kier alpha value is -3.72. The lowest BCUT2D eigenvalue weighted by molar-refractivity contribution is -0.120. The van der Waals surface area contributed by atoms with Gasteiger partial charge in [0.2, 0.25) is 12.2 Å². The zero-order valence-electron chi connectivity index (χ0n) is 20.6. The van der Waals surface area contributed by atoms with Crippen LogP contribution in [0.2, 0.25) is 5.02 Å². The number of aldehydes is 1. The fraction of sp³-hybridized carbons (Fsp3) is 0.250. The predicted octanol–water partition coefficient (Wildman–Crippen LogP) is 4.94. The van der Waals surface area contributed by atoms with Gasteiger partial charge < -0.3 is 20.1 Å². The molecule has 37 heavy (non-hydrogen) atoms. The van der Waals surface area contributed by atoms with Crippen LogP contribution < -0.4 is 10.1 Å². The van der Waals surface area contributed by atoms with E-state index >= 15 is 0 Å². The molecule has 3 aromatic carbocycles. The molecule has 0 amide bonds. The first-order valence-corrected chi connectivity index (χ1v) is 12.4. The van der Waals surface area contributed by atoms with Gasteiger partial charge in [0, 0.05) is 47.0 Å². The van der Waals surface area contributed by atoms with Gasteiger partial charge in [-0.3, -0.25) is 9.69 Å². The van der Waals surface area contributed by atoms with E-state index in [0.717, 1.165) is 53.5 Å². The zero-order valence-corrected chi connectivity index (χ0v) is 21.4. The molecule has 0 spiro atoms. The summed E-state index contributed by atoms with van der Waals surface area (Å²) in [4.78, 5) is 25.0. The number of carbonyl (C=O) groups is 1. The first kappa shape index (κ1) is 25.0. The molecule has 1 saturated heterocycles. The number of nitrogens with one attached hydrogen (secondary N) is 1. The number of carbonyl (C=O) groups excluding carboxylic acids is 1. The Morgan fingerprint density at radius 1 is 1.16 bits per heavy atom. The van der Waals surface area contributed by atoms with Gasteiger partial charge in [-0.05, 0) is 80.7 Å². The van der Waals surface area contributed by atoms with Gasteiger partial charge in [0.25, 0.3) is 0 Å². The van der Waals surface area contributed by atoms with E-state index in [-0.39, 0.29) is 5.75 Å². The summed E-state index contributed by atoms with van der Waals surface area (Å²) < 4.78 is 5.96. The molecule has 0 aliphatic carbocycles. The van der Waals surface area contributed by atoms with Crippen molar-refractivity contribution in [3.63, 3.8) is 0 Å². The highest BCUT2D eigenvalue weighted by Gasteiger charge is 2.30. The third kappa shape index (κ3) is 5.67. The number of hydrogen-bond donors (Lipinski definition) is 2. The number of rotatable bonds is 8. The number of nitrogens with zero attached hydrogens (tertiary/aromatic N) is 4. The standard InChI is InChI=1S/C28H28ClN5O3/c1-33(2)21-11-12-34(16-21)27(17-35)37-23-7-4-20(5-8-23)31-28-30-15-19-13-18(3-10-26(19)32-28)24-14-22(36)6-9-25(24)29/h3-10,13-15,17,21,27,36H,11-12,16H2,1-2H3,(H,30,31,32)/t21-,27?/m1/s1. The lowest BCUT2D eigenvalue weighted by Gasteiger charge is -2.25. The van der Waals surface area contributed by atoms with E-state index in [1.54, 1.807) is 24.4 Å². The van der Waals surface area contributed by atoms with Crippen molar-refractivity contribution in [1.29, 1.82) is 0 Å². The Morgan fingerprint density at radius 2 is 1.97 bits per heavy atom. The Kier molecular flexibility index (Phi) is 7.23. The molecule has 1 aliphatic rings. The summed E-state index contributed by atoms with van der Waals surface area (Å²) in [5.41, 5.74) is 3.18. The number of likely N-dealkylation sites (tertiary alicyclic amines) is 1. The zero-order chi connectivity index (χ0) is 25.9. The molecular weight excluding hydrogens is 490 g/mol. The van der Waals surface area contributed by atoms with Gasteiger partial charge in [-0.25, -0.2) is 9.97 Å². The number of anilines is 2. The van der Waals surface area contributed by atoms with Crippen LogP contribution in [0, 0.1) is 0 Å². The van der Waals surface area contributed by atoms with Crippen LogP contribution >= 0.6 is 11.6 Å². The molecule has 1 aliphatic heterocycles. The number of likely N-dealkylation sites (N-methyl/N-ethyl adjacent to an activating group) is 1. The average molecular weight is 518 g/mol. The van der Waals surface area contributed by atoms with E-state index in [1.165, 1.54) is 0 Å². The van der Waals surface area contributed by atoms with Crippen molar-refractivity contribution in [3.8, 4) is 22.6 Å². The summed E-state index contributed by atoms with van der Waals surface area (Å²) in [6, 6.07) is 18.4. The normalized spacial score (nSPS) is 16.7.